The van der Waals surface area contributed by atoms with Crippen LogP contribution in [0.1, 0.15) is 40.6 Å². The van der Waals surface area contributed by atoms with Gasteiger partial charge in [-0.3, -0.25) is 4.90 Å². The summed E-state index contributed by atoms with van der Waals surface area (Å²) in [6, 6.07) is 6.56. The van der Waals surface area contributed by atoms with Crippen LogP contribution in [0.2, 0.25) is 0 Å². The number of thiazole rings is 1. The van der Waals surface area contributed by atoms with E-state index in [2.05, 4.69) is 52.3 Å². The van der Waals surface area contributed by atoms with Crippen LogP contribution in [-0.2, 0) is 6.54 Å². The topological polar surface area (TPSA) is 31.9 Å². The number of piperidine rings is 1. The Morgan fingerprint density at radius 3 is 3.04 bits per heavy atom. The van der Waals surface area contributed by atoms with Crippen molar-refractivity contribution < 1.29 is 0 Å². The first kappa shape index (κ1) is 14.9. The van der Waals surface area contributed by atoms with Crippen molar-refractivity contribution in [2.75, 3.05) is 13.1 Å². The van der Waals surface area contributed by atoms with Crippen LogP contribution < -0.4 is 0 Å². The fraction of sp³-hybridized carbons (Fsp3) is 0.421. The predicted molar refractivity (Wildman–Crippen MR) is 97.1 cm³/mol. The second kappa shape index (κ2) is 6.10. The maximum atomic E-state index is 4.53. The van der Waals surface area contributed by atoms with Crippen molar-refractivity contribution in [3.05, 3.63) is 51.6 Å². The number of aromatic nitrogens is 2. The maximum absolute atomic E-state index is 4.53. The summed E-state index contributed by atoms with van der Waals surface area (Å²) in [5.74, 6) is 0.607. The molecule has 1 saturated heterocycles. The Morgan fingerprint density at radius 2 is 2.26 bits per heavy atom. The smallest absolute Gasteiger partial charge is 0.0968 e. The summed E-state index contributed by atoms with van der Waals surface area (Å²) < 4.78 is 0. The number of nitrogens with one attached hydrogen (secondary N) is 1. The molecule has 120 valence electrons. The third-order valence-corrected chi connectivity index (χ3v) is 6.03. The molecule has 3 nitrogen and oxygen atoms in total. The van der Waals surface area contributed by atoms with E-state index in [1.807, 2.05) is 6.20 Å². The number of rotatable bonds is 3. The second-order valence-electron chi connectivity index (χ2n) is 6.67. The van der Waals surface area contributed by atoms with Crippen molar-refractivity contribution in [1.29, 1.82) is 0 Å². The van der Waals surface area contributed by atoms with Gasteiger partial charge in [0, 0.05) is 47.2 Å². The van der Waals surface area contributed by atoms with E-state index in [0.717, 1.165) is 13.1 Å². The minimum absolute atomic E-state index is 0.607. The van der Waals surface area contributed by atoms with Gasteiger partial charge >= 0.3 is 0 Å². The first-order valence-electron chi connectivity index (χ1n) is 8.41. The molecule has 1 atom stereocenters. The van der Waals surface area contributed by atoms with Crippen LogP contribution >= 0.6 is 11.3 Å². The second-order valence-corrected chi connectivity index (χ2v) is 7.60. The van der Waals surface area contributed by atoms with Gasteiger partial charge in [-0.1, -0.05) is 18.2 Å². The average Bonchev–Trinajstić information content (AvgIpc) is 3.19. The highest BCUT2D eigenvalue weighted by Gasteiger charge is 2.24. The monoisotopic (exact) mass is 325 g/mol. The predicted octanol–water partition coefficient (Wildman–Crippen LogP) is 4.62. The number of fused-ring (bicyclic) bond motifs is 1. The van der Waals surface area contributed by atoms with Crippen LogP contribution in [0.3, 0.4) is 0 Å². The Labute approximate surface area is 141 Å². The van der Waals surface area contributed by atoms with Gasteiger partial charge in [0.1, 0.15) is 0 Å². The molecule has 4 rings (SSSR count). The number of para-hydroxylation sites is 1. The molecule has 1 fully saturated rings. The van der Waals surface area contributed by atoms with Crippen molar-refractivity contribution in [2.24, 2.45) is 0 Å². The summed E-state index contributed by atoms with van der Waals surface area (Å²) in [5.41, 5.74) is 5.40. The summed E-state index contributed by atoms with van der Waals surface area (Å²) >= 11 is 1.80. The summed E-state index contributed by atoms with van der Waals surface area (Å²) in [5, 5.41) is 4.77. The third kappa shape index (κ3) is 2.81. The number of aryl methyl sites for hydroxylation is 2. The zero-order valence-electron chi connectivity index (χ0n) is 13.8. The van der Waals surface area contributed by atoms with Crippen LogP contribution in [-0.4, -0.2) is 28.0 Å². The Hall–Kier alpha value is -1.65. The summed E-state index contributed by atoms with van der Waals surface area (Å²) in [6.07, 6.45) is 4.47. The zero-order valence-corrected chi connectivity index (χ0v) is 14.6. The van der Waals surface area contributed by atoms with E-state index in [-0.39, 0.29) is 0 Å². The highest BCUT2D eigenvalue weighted by Crippen LogP contribution is 2.30. The van der Waals surface area contributed by atoms with Crippen LogP contribution in [0.5, 0.6) is 0 Å². The van der Waals surface area contributed by atoms with Gasteiger partial charge < -0.3 is 4.98 Å². The normalized spacial score (nSPS) is 19.5. The van der Waals surface area contributed by atoms with Gasteiger partial charge in [0.05, 0.1) is 5.01 Å². The van der Waals surface area contributed by atoms with Gasteiger partial charge in [-0.15, -0.1) is 11.3 Å². The van der Waals surface area contributed by atoms with E-state index in [9.17, 15) is 0 Å². The lowest BCUT2D eigenvalue weighted by molar-refractivity contribution is 0.198. The number of nitrogens with zero attached hydrogens (tertiary/aromatic N) is 2. The number of likely N-dealkylation sites (tertiary alicyclic amines) is 1. The van der Waals surface area contributed by atoms with E-state index in [4.69, 9.17) is 0 Å². The summed E-state index contributed by atoms with van der Waals surface area (Å²) in [6.45, 7) is 7.76. The molecule has 2 aromatic heterocycles. The Bertz CT molecular complexity index is 803. The molecule has 3 aromatic rings. The van der Waals surface area contributed by atoms with Crippen LogP contribution in [0.4, 0.5) is 0 Å². The van der Waals surface area contributed by atoms with E-state index in [1.54, 1.807) is 11.3 Å². The number of hydrogen-bond donors (Lipinski definition) is 1. The standard InChI is InChI=1S/C19H23N3S/c1-13-5-3-7-16-14(2)17(21-18(13)16)12-22-9-4-6-15(11-22)19-20-8-10-23-19/h3,5,7-8,10,15,21H,4,6,9,11-12H2,1-2H3. The van der Waals surface area contributed by atoms with Crippen LogP contribution in [0, 0.1) is 13.8 Å². The average molecular weight is 325 g/mol. The fourth-order valence-corrected chi connectivity index (χ4v) is 4.54. The molecule has 1 aliphatic rings. The highest BCUT2D eigenvalue weighted by atomic mass is 32.1. The van der Waals surface area contributed by atoms with Gasteiger partial charge in [0.2, 0.25) is 0 Å². The molecule has 1 aliphatic heterocycles. The van der Waals surface area contributed by atoms with Crippen molar-refractivity contribution in [2.45, 2.75) is 39.2 Å². The van der Waals surface area contributed by atoms with Gasteiger partial charge in [-0.2, -0.15) is 0 Å². The molecular weight excluding hydrogens is 302 g/mol. The molecule has 0 saturated carbocycles. The van der Waals surface area contributed by atoms with Crippen molar-refractivity contribution in [1.82, 2.24) is 14.9 Å². The molecule has 1 unspecified atom stereocenters. The third-order valence-electron chi connectivity index (χ3n) is 5.09. The molecule has 3 heterocycles. The lowest BCUT2D eigenvalue weighted by Gasteiger charge is -2.31. The Kier molecular flexibility index (Phi) is 3.95. The van der Waals surface area contributed by atoms with E-state index >= 15 is 0 Å². The zero-order chi connectivity index (χ0) is 15.8. The van der Waals surface area contributed by atoms with Gasteiger partial charge in [0.25, 0.3) is 0 Å². The molecular formula is C19H23N3S. The lowest BCUT2D eigenvalue weighted by Crippen LogP contribution is -2.34. The Morgan fingerprint density at radius 1 is 1.35 bits per heavy atom. The van der Waals surface area contributed by atoms with Crippen molar-refractivity contribution in [3.8, 4) is 0 Å². The summed E-state index contributed by atoms with van der Waals surface area (Å²) in [4.78, 5) is 10.8. The first-order chi connectivity index (χ1) is 11.2. The Balaban J connectivity index is 1.56. The molecule has 1 N–H and O–H groups in total. The van der Waals surface area contributed by atoms with Gasteiger partial charge in [-0.25, -0.2) is 4.98 Å². The van der Waals surface area contributed by atoms with Crippen molar-refractivity contribution >= 4 is 22.2 Å². The first-order valence-corrected chi connectivity index (χ1v) is 9.29. The fourth-order valence-electron chi connectivity index (χ4n) is 3.77. The van der Waals surface area contributed by atoms with Gasteiger partial charge in [0.15, 0.2) is 0 Å². The van der Waals surface area contributed by atoms with E-state index < -0.39 is 0 Å². The molecule has 1 aromatic carbocycles. The minimum Gasteiger partial charge on any atom is -0.357 e. The van der Waals surface area contributed by atoms with Crippen molar-refractivity contribution in [3.63, 3.8) is 0 Å². The number of hydrogen-bond acceptors (Lipinski definition) is 3. The SMILES string of the molecule is Cc1c(CN2CCCC(c3nccs3)C2)[nH]c2c(C)cccc12. The van der Waals surface area contributed by atoms with Crippen LogP contribution in [0.25, 0.3) is 10.9 Å². The van der Waals surface area contributed by atoms with Crippen LogP contribution in [0.15, 0.2) is 29.8 Å². The van der Waals surface area contributed by atoms with E-state index in [1.165, 1.54) is 52.1 Å². The van der Waals surface area contributed by atoms with Gasteiger partial charge in [-0.05, 0) is 44.4 Å². The number of benzene rings is 1. The summed E-state index contributed by atoms with van der Waals surface area (Å²) in [7, 11) is 0. The molecule has 23 heavy (non-hydrogen) atoms. The quantitative estimate of drug-likeness (QED) is 0.762. The number of H-pyrrole nitrogens is 1. The highest BCUT2D eigenvalue weighted by molar-refractivity contribution is 7.09. The molecule has 0 aliphatic carbocycles. The molecule has 0 bridgehead atoms. The lowest BCUT2D eigenvalue weighted by atomic mass is 9.98. The van der Waals surface area contributed by atoms with E-state index in [0.29, 0.717) is 5.92 Å². The maximum Gasteiger partial charge on any atom is 0.0968 e. The largest absolute Gasteiger partial charge is 0.357 e. The minimum atomic E-state index is 0.607. The number of aromatic amines is 1. The molecule has 0 amide bonds. The molecule has 0 radical (unpaired) electrons. The molecule has 4 heteroatoms. The molecule has 0 spiro atoms.